The molecule has 1 aliphatic rings. The van der Waals surface area contributed by atoms with E-state index in [1.165, 1.54) is 17.7 Å². The van der Waals surface area contributed by atoms with Gasteiger partial charge in [0.1, 0.15) is 23.5 Å². The highest BCUT2D eigenvalue weighted by Crippen LogP contribution is 2.29. The van der Waals surface area contributed by atoms with Gasteiger partial charge >= 0.3 is 0 Å². The van der Waals surface area contributed by atoms with E-state index in [2.05, 4.69) is 26.7 Å². The fourth-order valence-electron chi connectivity index (χ4n) is 4.42. The Hall–Kier alpha value is -3.65. The molecular weight excluding hydrogens is 407 g/mol. The zero-order chi connectivity index (χ0) is 21.5. The van der Waals surface area contributed by atoms with Crippen LogP contribution < -0.4 is 0 Å². The van der Waals surface area contributed by atoms with Crippen LogP contribution in [-0.4, -0.2) is 42.3 Å². The number of benzene rings is 2. The van der Waals surface area contributed by atoms with Crippen molar-refractivity contribution in [3.8, 4) is 5.95 Å². The zero-order valence-electron chi connectivity index (χ0n) is 17.4. The summed E-state index contributed by atoms with van der Waals surface area (Å²) in [5.74, 6) is 1.09. The molecule has 0 atom stereocenters. The first-order valence-corrected chi connectivity index (χ1v) is 10.7. The summed E-state index contributed by atoms with van der Waals surface area (Å²) in [6.07, 6.45) is 5.90. The van der Waals surface area contributed by atoms with E-state index in [1.54, 1.807) is 23.2 Å². The van der Waals surface area contributed by atoms with Crippen molar-refractivity contribution < 1.29 is 9.13 Å². The molecule has 4 heterocycles. The molecule has 8 heteroatoms. The lowest BCUT2D eigenvalue weighted by Crippen LogP contribution is -2.22. The predicted molar refractivity (Wildman–Crippen MR) is 118 cm³/mol. The minimum atomic E-state index is -0.322. The van der Waals surface area contributed by atoms with Crippen molar-refractivity contribution in [2.24, 2.45) is 0 Å². The van der Waals surface area contributed by atoms with Gasteiger partial charge in [-0.05, 0) is 30.5 Å². The second-order valence-corrected chi connectivity index (χ2v) is 8.03. The van der Waals surface area contributed by atoms with Gasteiger partial charge < -0.3 is 9.30 Å². The molecule has 7 nitrogen and oxygen atoms in total. The standard InChI is InChI=1S/C24H21FN6O/c25-17-6-7-19-21(13-17)30(15-27-19)24-26-14-20-23(29-24)31(18-8-10-32-11-9-18)22(28-20)12-16-4-2-1-3-5-16/h1-7,13-15,18H,8-12H2. The first-order chi connectivity index (χ1) is 15.8. The van der Waals surface area contributed by atoms with Crippen molar-refractivity contribution in [3.63, 3.8) is 0 Å². The second-order valence-electron chi connectivity index (χ2n) is 8.03. The zero-order valence-corrected chi connectivity index (χ0v) is 17.4. The van der Waals surface area contributed by atoms with Crippen LogP contribution in [0.5, 0.6) is 0 Å². The Morgan fingerprint density at radius 2 is 1.81 bits per heavy atom. The van der Waals surface area contributed by atoms with Crippen molar-refractivity contribution in [2.75, 3.05) is 13.2 Å². The van der Waals surface area contributed by atoms with Crippen molar-refractivity contribution >= 4 is 22.2 Å². The molecule has 0 spiro atoms. The topological polar surface area (TPSA) is 70.7 Å². The van der Waals surface area contributed by atoms with Crippen LogP contribution in [0.1, 0.15) is 30.3 Å². The van der Waals surface area contributed by atoms with Crippen LogP contribution in [-0.2, 0) is 11.2 Å². The molecule has 0 unspecified atom stereocenters. The third-order valence-corrected chi connectivity index (χ3v) is 5.98. The maximum absolute atomic E-state index is 13.9. The Balaban J connectivity index is 1.51. The minimum Gasteiger partial charge on any atom is -0.381 e. The van der Waals surface area contributed by atoms with Gasteiger partial charge in [0.15, 0.2) is 5.65 Å². The quantitative estimate of drug-likeness (QED) is 0.428. The van der Waals surface area contributed by atoms with E-state index in [1.807, 2.05) is 18.2 Å². The van der Waals surface area contributed by atoms with Gasteiger partial charge in [-0.1, -0.05) is 30.3 Å². The van der Waals surface area contributed by atoms with Gasteiger partial charge in [-0.2, -0.15) is 4.98 Å². The van der Waals surface area contributed by atoms with Gasteiger partial charge in [0.25, 0.3) is 0 Å². The molecule has 0 amide bonds. The van der Waals surface area contributed by atoms with E-state index in [9.17, 15) is 4.39 Å². The molecule has 160 valence electrons. The predicted octanol–water partition coefficient (Wildman–Crippen LogP) is 4.25. The Morgan fingerprint density at radius 3 is 2.66 bits per heavy atom. The summed E-state index contributed by atoms with van der Waals surface area (Å²) >= 11 is 0. The molecule has 3 aromatic heterocycles. The van der Waals surface area contributed by atoms with Gasteiger partial charge in [0.05, 0.1) is 17.2 Å². The molecule has 6 rings (SSSR count). The Kier molecular flexibility index (Phi) is 4.65. The van der Waals surface area contributed by atoms with Crippen molar-refractivity contribution in [3.05, 3.63) is 78.3 Å². The molecule has 2 aromatic carbocycles. The van der Waals surface area contributed by atoms with Crippen LogP contribution in [0.3, 0.4) is 0 Å². The summed E-state index contributed by atoms with van der Waals surface area (Å²) in [5, 5.41) is 0. The smallest absolute Gasteiger partial charge is 0.237 e. The number of hydrogen-bond acceptors (Lipinski definition) is 5. The fraction of sp³-hybridized carbons (Fsp3) is 0.250. The number of fused-ring (bicyclic) bond motifs is 2. The lowest BCUT2D eigenvalue weighted by Gasteiger charge is -2.25. The molecule has 0 N–H and O–H groups in total. The summed E-state index contributed by atoms with van der Waals surface area (Å²) in [4.78, 5) is 18.7. The summed E-state index contributed by atoms with van der Waals surface area (Å²) in [5.41, 5.74) is 4.05. The van der Waals surface area contributed by atoms with Crippen LogP contribution in [0.2, 0.25) is 0 Å². The third-order valence-electron chi connectivity index (χ3n) is 5.98. The van der Waals surface area contributed by atoms with Gasteiger partial charge in [-0.25, -0.2) is 19.3 Å². The Labute approximate surface area is 183 Å². The van der Waals surface area contributed by atoms with E-state index < -0.39 is 0 Å². The van der Waals surface area contributed by atoms with E-state index in [0.29, 0.717) is 23.4 Å². The molecule has 5 aromatic rings. The average molecular weight is 428 g/mol. The number of ether oxygens (including phenoxy) is 1. The first kappa shape index (κ1) is 19.1. The Bertz CT molecular complexity index is 1400. The molecular formula is C24H21FN6O. The number of rotatable bonds is 4. The molecule has 1 saturated heterocycles. The number of halogens is 1. The van der Waals surface area contributed by atoms with E-state index >= 15 is 0 Å². The number of imidazole rings is 2. The number of hydrogen-bond donors (Lipinski definition) is 0. The maximum atomic E-state index is 13.9. The highest BCUT2D eigenvalue weighted by molar-refractivity contribution is 5.77. The number of nitrogens with zero attached hydrogens (tertiary/aromatic N) is 6. The maximum Gasteiger partial charge on any atom is 0.237 e. The van der Waals surface area contributed by atoms with Gasteiger partial charge in [-0.15, -0.1) is 0 Å². The van der Waals surface area contributed by atoms with Crippen molar-refractivity contribution in [1.29, 1.82) is 0 Å². The monoisotopic (exact) mass is 428 g/mol. The molecule has 0 saturated carbocycles. The van der Waals surface area contributed by atoms with Gasteiger partial charge in [0.2, 0.25) is 5.95 Å². The highest BCUT2D eigenvalue weighted by Gasteiger charge is 2.24. The van der Waals surface area contributed by atoms with Gasteiger partial charge in [0, 0.05) is 31.7 Å². The van der Waals surface area contributed by atoms with Crippen LogP contribution in [0.15, 0.2) is 61.1 Å². The van der Waals surface area contributed by atoms with Crippen molar-refractivity contribution in [2.45, 2.75) is 25.3 Å². The minimum absolute atomic E-state index is 0.257. The summed E-state index contributed by atoms with van der Waals surface area (Å²) in [6, 6.07) is 15.1. The summed E-state index contributed by atoms with van der Waals surface area (Å²) in [6.45, 7) is 1.44. The highest BCUT2D eigenvalue weighted by atomic mass is 19.1. The summed E-state index contributed by atoms with van der Waals surface area (Å²) in [7, 11) is 0. The first-order valence-electron chi connectivity index (χ1n) is 10.7. The Morgan fingerprint density at radius 1 is 0.969 bits per heavy atom. The van der Waals surface area contributed by atoms with E-state index in [4.69, 9.17) is 14.7 Å². The van der Waals surface area contributed by atoms with E-state index in [0.717, 1.165) is 43.0 Å². The van der Waals surface area contributed by atoms with Crippen molar-refractivity contribution in [1.82, 2.24) is 29.1 Å². The molecule has 1 fully saturated rings. The largest absolute Gasteiger partial charge is 0.381 e. The third kappa shape index (κ3) is 3.33. The number of aromatic nitrogens is 6. The average Bonchev–Trinajstić information content (AvgIpc) is 3.40. The molecule has 32 heavy (non-hydrogen) atoms. The normalized spacial score (nSPS) is 15.0. The molecule has 0 aliphatic carbocycles. The lowest BCUT2D eigenvalue weighted by molar-refractivity contribution is 0.0698. The van der Waals surface area contributed by atoms with Crippen LogP contribution in [0, 0.1) is 5.82 Å². The van der Waals surface area contributed by atoms with Gasteiger partial charge in [-0.3, -0.25) is 4.57 Å². The molecule has 1 aliphatic heterocycles. The SMILES string of the molecule is Fc1ccc2ncn(-c3ncc4nc(Cc5ccccc5)n(C5CCOCC5)c4n3)c2c1. The lowest BCUT2D eigenvalue weighted by atomic mass is 10.1. The van der Waals surface area contributed by atoms with Crippen LogP contribution >= 0.6 is 0 Å². The second kappa shape index (κ2) is 7.80. The molecule has 0 radical (unpaired) electrons. The molecule has 0 bridgehead atoms. The van der Waals surface area contributed by atoms with Crippen LogP contribution in [0.25, 0.3) is 28.1 Å². The summed E-state index contributed by atoms with van der Waals surface area (Å²) < 4.78 is 23.4. The fourth-order valence-corrected chi connectivity index (χ4v) is 4.42. The van der Waals surface area contributed by atoms with E-state index in [-0.39, 0.29) is 11.9 Å². The van der Waals surface area contributed by atoms with Crippen LogP contribution in [0.4, 0.5) is 4.39 Å².